The van der Waals surface area contributed by atoms with Crippen LogP contribution in [0.4, 0.5) is 0 Å². The van der Waals surface area contributed by atoms with Crippen LogP contribution in [0.1, 0.15) is 57.2 Å². The van der Waals surface area contributed by atoms with Crippen LogP contribution in [0.3, 0.4) is 0 Å². The fourth-order valence-electron chi connectivity index (χ4n) is 3.11. The van der Waals surface area contributed by atoms with E-state index in [2.05, 4.69) is 56.9 Å². The van der Waals surface area contributed by atoms with Crippen molar-refractivity contribution in [2.24, 2.45) is 11.7 Å². The fourth-order valence-corrected chi connectivity index (χ4v) is 3.11. The van der Waals surface area contributed by atoms with E-state index < -0.39 is 0 Å². The predicted molar refractivity (Wildman–Crippen MR) is 86.8 cm³/mol. The second-order valence-corrected chi connectivity index (χ2v) is 6.70. The molecule has 112 valence electrons. The molecule has 2 nitrogen and oxygen atoms in total. The Bertz CT molecular complexity index is 423. The first-order valence-electron chi connectivity index (χ1n) is 8.11. The topological polar surface area (TPSA) is 29.3 Å². The lowest BCUT2D eigenvalue weighted by Gasteiger charge is -2.37. The van der Waals surface area contributed by atoms with Crippen LogP contribution in [0.5, 0.6) is 0 Å². The van der Waals surface area contributed by atoms with Crippen LogP contribution < -0.4 is 5.73 Å². The number of nitrogens with two attached hydrogens (primary N) is 1. The molecule has 2 unspecified atom stereocenters. The number of benzene rings is 1. The zero-order valence-corrected chi connectivity index (χ0v) is 13.5. The average Bonchev–Trinajstić information content (AvgIpc) is 3.23. The van der Waals surface area contributed by atoms with Crippen molar-refractivity contribution in [3.8, 4) is 0 Å². The largest absolute Gasteiger partial charge is 0.326 e. The van der Waals surface area contributed by atoms with Gasteiger partial charge in [-0.25, -0.2) is 0 Å². The summed E-state index contributed by atoms with van der Waals surface area (Å²) in [5, 5.41) is 0. The standard InChI is InChI=1S/C18H30N2/c1-5-17(19)18(16-9-7-6-8-14(16)4)20(12-13(2)3)15-10-11-15/h6-9,13,15,17-18H,5,10-12,19H2,1-4H3. The molecule has 1 aromatic rings. The van der Waals surface area contributed by atoms with Gasteiger partial charge in [0.05, 0.1) is 6.04 Å². The van der Waals surface area contributed by atoms with E-state index in [1.165, 1.54) is 24.0 Å². The fraction of sp³-hybridized carbons (Fsp3) is 0.667. The van der Waals surface area contributed by atoms with Gasteiger partial charge in [-0.2, -0.15) is 0 Å². The lowest BCUT2D eigenvalue weighted by atomic mass is 9.92. The van der Waals surface area contributed by atoms with Gasteiger partial charge < -0.3 is 5.73 Å². The number of rotatable bonds is 7. The second kappa shape index (κ2) is 6.73. The Morgan fingerprint density at radius 3 is 2.40 bits per heavy atom. The molecule has 0 spiro atoms. The molecule has 2 rings (SSSR count). The summed E-state index contributed by atoms with van der Waals surface area (Å²) in [6.45, 7) is 10.2. The average molecular weight is 274 g/mol. The molecule has 1 fully saturated rings. The molecule has 0 saturated heterocycles. The first kappa shape index (κ1) is 15.5. The molecule has 0 bridgehead atoms. The Kier molecular flexibility index (Phi) is 5.22. The highest BCUT2D eigenvalue weighted by atomic mass is 15.2. The van der Waals surface area contributed by atoms with Gasteiger partial charge in [0.1, 0.15) is 0 Å². The summed E-state index contributed by atoms with van der Waals surface area (Å²) in [6.07, 6.45) is 3.71. The van der Waals surface area contributed by atoms with E-state index in [4.69, 9.17) is 5.73 Å². The minimum atomic E-state index is 0.218. The van der Waals surface area contributed by atoms with Gasteiger partial charge in [-0.05, 0) is 43.2 Å². The Hall–Kier alpha value is -0.860. The molecule has 0 heterocycles. The molecule has 1 saturated carbocycles. The third-order valence-electron chi connectivity index (χ3n) is 4.33. The van der Waals surface area contributed by atoms with Crippen LogP contribution in [0.2, 0.25) is 0 Å². The normalized spacial score (nSPS) is 18.6. The van der Waals surface area contributed by atoms with Crippen molar-refractivity contribution >= 4 is 0 Å². The van der Waals surface area contributed by atoms with Crippen LogP contribution in [-0.2, 0) is 0 Å². The quantitative estimate of drug-likeness (QED) is 0.817. The van der Waals surface area contributed by atoms with Crippen LogP contribution in [-0.4, -0.2) is 23.5 Å². The van der Waals surface area contributed by atoms with E-state index in [1.807, 2.05) is 0 Å². The molecule has 1 aliphatic rings. The smallest absolute Gasteiger partial charge is 0.0504 e. The minimum Gasteiger partial charge on any atom is -0.326 e. The molecule has 20 heavy (non-hydrogen) atoms. The van der Waals surface area contributed by atoms with Crippen molar-refractivity contribution in [1.29, 1.82) is 0 Å². The van der Waals surface area contributed by atoms with Gasteiger partial charge >= 0.3 is 0 Å². The molecular formula is C18H30N2. The number of nitrogens with zero attached hydrogens (tertiary/aromatic N) is 1. The molecule has 0 radical (unpaired) electrons. The lowest BCUT2D eigenvalue weighted by molar-refractivity contribution is 0.141. The molecule has 2 N–H and O–H groups in total. The SMILES string of the molecule is CCC(N)C(c1ccccc1C)N(CC(C)C)C1CC1. The monoisotopic (exact) mass is 274 g/mol. The van der Waals surface area contributed by atoms with Gasteiger partial charge in [0.25, 0.3) is 0 Å². The Morgan fingerprint density at radius 1 is 1.25 bits per heavy atom. The predicted octanol–water partition coefficient (Wildman–Crippen LogP) is 3.89. The first-order valence-corrected chi connectivity index (χ1v) is 8.11. The molecule has 1 aliphatic carbocycles. The lowest BCUT2D eigenvalue weighted by Crippen LogP contribution is -2.44. The molecular weight excluding hydrogens is 244 g/mol. The van der Waals surface area contributed by atoms with Crippen molar-refractivity contribution in [3.63, 3.8) is 0 Å². The third-order valence-corrected chi connectivity index (χ3v) is 4.33. The van der Waals surface area contributed by atoms with Crippen molar-refractivity contribution in [2.45, 2.75) is 65.1 Å². The van der Waals surface area contributed by atoms with Crippen LogP contribution in [0.15, 0.2) is 24.3 Å². The van der Waals surface area contributed by atoms with E-state index in [1.54, 1.807) is 0 Å². The first-order chi connectivity index (χ1) is 9.54. The van der Waals surface area contributed by atoms with Gasteiger partial charge in [-0.3, -0.25) is 4.90 Å². The minimum absolute atomic E-state index is 0.218. The summed E-state index contributed by atoms with van der Waals surface area (Å²) in [6, 6.07) is 10.1. The summed E-state index contributed by atoms with van der Waals surface area (Å²) < 4.78 is 0. The zero-order valence-electron chi connectivity index (χ0n) is 13.5. The second-order valence-electron chi connectivity index (χ2n) is 6.70. The van der Waals surface area contributed by atoms with Gasteiger partial charge in [-0.15, -0.1) is 0 Å². The van der Waals surface area contributed by atoms with Crippen LogP contribution in [0, 0.1) is 12.8 Å². The van der Waals surface area contributed by atoms with E-state index in [9.17, 15) is 0 Å². The maximum absolute atomic E-state index is 6.52. The number of hydrogen-bond donors (Lipinski definition) is 1. The van der Waals surface area contributed by atoms with Crippen molar-refractivity contribution in [2.75, 3.05) is 6.54 Å². The Labute approximate surface area is 124 Å². The highest BCUT2D eigenvalue weighted by Crippen LogP contribution is 2.37. The van der Waals surface area contributed by atoms with Crippen molar-refractivity contribution < 1.29 is 0 Å². The van der Waals surface area contributed by atoms with Crippen molar-refractivity contribution in [3.05, 3.63) is 35.4 Å². The summed E-state index contributed by atoms with van der Waals surface area (Å²) >= 11 is 0. The summed E-state index contributed by atoms with van der Waals surface area (Å²) in [5.74, 6) is 0.686. The van der Waals surface area contributed by atoms with Gasteiger partial charge in [-0.1, -0.05) is 45.0 Å². The van der Waals surface area contributed by atoms with E-state index >= 15 is 0 Å². The van der Waals surface area contributed by atoms with E-state index in [-0.39, 0.29) is 6.04 Å². The highest BCUT2D eigenvalue weighted by molar-refractivity contribution is 5.30. The maximum atomic E-state index is 6.52. The Morgan fingerprint density at radius 2 is 1.90 bits per heavy atom. The van der Waals surface area contributed by atoms with Gasteiger partial charge in [0, 0.05) is 18.6 Å². The summed E-state index contributed by atoms with van der Waals surface area (Å²) in [4.78, 5) is 2.68. The molecule has 2 atom stereocenters. The summed E-state index contributed by atoms with van der Waals surface area (Å²) in [5.41, 5.74) is 9.32. The summed E-state index contributed by atoms with van der Waals surface area (Å²) in [7, 11) is 0. The molecule has 0 aliphatic heterocycles. The molecule has 2 heteroatoms. The molecule has 0 aromatic heterocycles. The number of hydrogen-bond acceptors (Lipinski definition) is 2. The van der Waals surface area contributed by atoms with E-state index in [0.29, 0.717) is 12.0 Å². The van der Waals surface area contributed by atoms with Gasteiger partial charge in [0.2, 0.25) is 0 Å². The maximum Gasteiger partial charge on any atom is 0.0504 e. The molecule has 0 amide bonds. The van der Waals surface area contributed by atoms with Crippen LogP contribution >= 0.6 is 0 Å². The highest BCUT2D eigenvalue weighted by Gasteiger charge is 2.37. The van der Waals surface area contributed by atoms with Crippen LogP contribution in [0.25, 0.3) is 0 Å². The zero-order chi connectivity index (χ0) is 14.7. The molecule has 1 aromatic carbocycles. The van der Waals surface area contributed by atoms with Gasteiger partial charge in [0.15, 0.2) is 0 Å². The third kappa shape index (κ3) is 3.62. The van der Waals surface area contributed by atoms with Crippen molar-refractivity contribution in [1.82, 2.24) is 4.90 Å². The van der Waals surface area contributed by atoms with E-state index in [0.717, 1.165) is 19.0 Å². The number of aryl methyl sites for hydroxylation is 1. The Balaban J connectivity index is 2.32.